The van der Waals surface area contributed by atoms with E-state index in [0.29, 0.717) is 33.8 Å². The molecule has 0 spiro atoms. The number of nitrogens with zero attached hydrogens (tertiary/aromatic N) is 6. The average Bonchev–Trinajstić information content (AvgIpc) is 4.21. The first-order valence-corrected chi connectivity index (χ1v) is 26.2. The van der Waals surface area contributed by atoms with Gasteiger partial charge in [0, 0.05) is 71.5 Å². The normalized spacial score (nSPS) is 12.0. The van der Waals surface area contributed by atoms with Gasteiger partial charge in [-0.05, 0) is 96.1 Å². The molecule has 0 aliphatic carbocycles. The molecule has 0 N–H and O–H groups in total. The molecule has 4 aromatic heterocycles. The zero-order valence-corrected chi connectivity index (χ0v) is 42.1. The molecule has 79 heavy (non-hydrogen) atoms. The monoisotopic (exact) mass is 1020 g/mol. The van der Waals surface area contributed by atoms with Crippen LogP contribution in [0.1, 0.15) is 5.56 Å². The van der Waals surface area contributed by atoms with E-state index >= 15 is 0 Å². The first-order valence-electron chi connectivity index (χ1n) is 26.2. The smallest absolute Gasteiger partial charge is 0.309 e. The fraction of sp³-hybridized carbons (Fsp3) is 0.0143. The summed E-state index contributed by atoms with van der Waals surface area (Å²) in [4.78, 5) is 15.7. The van der Waals surface area contributed by atoms with Gasteiger partial charge in [-0.15, -0.1) is 0 Å². The van der Waals surface area contributed by atoms with Crippen molar-refractivity contribution in [2.24, 2.45) is 0 Å². The molecule has 11 aromatic carbocycles. The molecular weight excluding hydrogens is 982 g/mol. The summed E-state index contributed by atoms with van der Waals surface area (Å²) in [6.45, 7) is 0. The Hall–Kier alpha value is -10.4. The Morgan fingerprint density at radius 3 is 1.03 bits per heavy atom. The van der Waals surface area contributed by atoms with E-state index in [1.54, 1.807) is 6.07 Å². The predicted octanol–water partition coefficient (Wildman–Crippen LogP) is 18.5. The largest absolute Gasteiger partial charge is 0.416 e. The molecular formula is C70H43F3N6. The van der Waals surface area contributed by atoms with Crippen LogP contribution in [-0.4, -0.2) is 28.7 Å². The van der Waals surface area contributed by atoms with Gasteiger partial charge in [0.25, 0.3) is 0 Å². The summed E-state index contributed by atoms with van der Waals surface area (Å²) in [5.74, 6) is 1.48. The summed E-state index contributed by atoms with van der Waals surface area (Å²) in [5.41, 5.74) is 13.3. The van der Waals surface area contributed by atoms with Crippen LogP contribution in [-0.2, 0) is 6.18 Å². The molecule has 0 aliphatic rings. The van der Waals surface area contributed by atoms with Gasteiger partial charge in [0.05, 0.1) is 44.4 Å². The highest BCUT2D eigenvalue weighted by molar-refractivity contribution is 6.13. The molecule has 0 unspecified atom stereocenters. The lowest BCUT2D eigenvalue weighted by molar-refractivity contribution is -0.137. The Bertz CT molecular complexity index is 4550. The van der Waals surface area contributed by atoms with Gasteiger partial charge < -0.3 is 13.7 Å². The Kier molecular flexibility index (Phi) is 10.6. The van der Waals surface area contributed by atoms with E-state index in [4.69, 9.17) is 15.0 Å². The fourth-order valence-electron chi connectivity index (χ4n) is 11.8. The maximum atomic E-state index is 14.8. The van der Waals surface area contributed by atoms with Crippen molar-refractivity contribution >= 4 is 65.4 Å². The van der Waals surface area contributed by atoms with Crippen molar-refractivity contribution in [2.45, 2.75) is 6.18 Å². The summed E-state index contributed by atoms with van der Waals surface area (Å²) >= 11 is 0. The molecule has 0 saturated heterocycles. The molecule has 0 aliphatic heterocycles. The zero-order chi connectivity index (χ0) is 52.8. The van der Waals surface area contributed by atoms with E-state index in [-0.39, 0.29) is 0 Å². The SMILES string of the molecule is FC(F)(F)c1ccc2c(c1)c1ccccc1n2-c1c(-c2cccc(-n3c4ccccc4c4ccccc43)c2)cc(-c2nc(-c3ccccc3)nc(-c3ccccc3)n2)cc1-c1cccc(-n2c3ccccc3c3ccccc32)c1. The third-order valence-corrected chi connectivity index (χ3v) is 15.3. The van der Waals surface area contributed by atoms with Crippen LogP contribution in [0.2, 0.25) is 0 Å². The fourth-order valence-corrected chi connectivity index (χ4v) is 11.8. The van der Waals surface area contributed by atoms with E-state index in [2.05, 4.69) is 171 Å². The van der Waals surface area contributed by atoms with Crippen LogP contribution < -0.4 is 0 Å². The number of alkyl halides is 3. The van der Waals surface area contributed by atoms with Crippen molar-refractivity contribution in [1.82, 2.24) is 28.7 Å². The quantitative estimate of drug-likeness (QED) is 0.152. The number of benzene rings is 11. The minimum atomic E-state index is -4.56. The van der Waals surface area contributed by atoms with E-state index < -0.39 is 11.7 Å². The molecule has 4 heterocycles. The van der Waals surface area contributed by atoms with Crippen LogP contribution in [0, 0.1) is 0 Å². The van der Waals surface area contributed by atoms with Crippen molar-refractivity contribution in [3.8, 4) is 73.5 Å². The van der Waals surface area contributed by atoms with E-state index in [1.807, 2.05) is 84.9 Å². The van der Waals surface area contributed by atoms with Crippen LogP contribution in [0.15, 0.2) is 261 Å². The van der Waals surface area contributed by atoms with Gasteiger partial charge in [0.1, 0.15) is 0 Å². The topological polar surface area (TPSA) is 53.5 Å². The molecule has 6 nitrogen and oxygen atoms in total. The third-order valence-electron chi connectivity index (χ3n) is 15.3. The number of halogens is 3. The molecule has 15 aromatic rings. The van der Waals surface area contributed by atoms with Gasteiger partial charge in [-0.25, -0.2) is 15.0 Å². The van der Waals surface area contributed by atoms with Crippen molar-refractivity contribution < 1.29 is 13.2 Å². The second kappa shape index (κ2) is 18.1. The van der Waals surface area contributed by atoms with Crippen LogP contribution in [0.25, 0.3) is 139 Å². The first-order chi connectivity index (χ1) is 38.8. The molecule has 0 atom stereocenters. The standard InChI is InChI=1S/C70H43F3N6/c71-70(72,73)49-37-38-65-59(43-49)56-31-11-16-36-64(56)79(65)66-57(46-23-17-25-50(39-46)77-60-32-12-7-27-52(60)53-28-8-13-33-61(53)77)41-48(69-75-67(44-19-3-1-4-20-44)74-68(76-69)45-21-5-2-6-22-45)42-58(66)47-24-18-26-51(40-47)78-62-34-14-9-29-54(62)55-30-10-15-35-63(55)78/h1-43H. The van der Waals surface area contributed by atoms with Crippen molar-refractivity contribution in [3.05, 3.63) is 266 Å². The molecule has 374 valence electrons. The Labute approximate surface area is 451 Å². The third kappa shape index (κ3) is 7.61. The van der Waals surface area contributed by atoms with Crippen LogP contribution in [0.5, 0.6) is 0 Å². The lowest BCUT2D eigenvalue weighted by atomic mass is 9.92. The Balaban J connectivity index is 1.08. The predicted molar refractivity (Wildman–Crippen MR) is 315 cm³/mol. The number of aromatic nitrogens is 6. The molecule has 0 amide bonds. The van der Waals surface area contributed by atoms with Crippen molar-refractivity contribution in [2.75, 3.05) is 0 Å². The molecule has 9 heteroatoms. The van der Waals surface area contributed by atoms with E-state index in [9.17, 15) is 13.2 Å². The van der Waals surface area contributed by atoms with Gasteiger partial charge in [0.15, 0.2) is 17.5 Å². The maximum Gasteiger partial charge on any atom is 0.416 e. The van der Waals surface area contributed by atoms with Crippen LogP contribution in [0.4, 0.5) is 13.2 Å². The molecule has 0 fully saturated rings. The minimum absolute atomic E-state index is 0.455. The highest BCUT2D eigenvalue weighted by Crippen LogP contribution is 2.46. The second-order valence-electron chi connectivity index (χ2n) is 19.9. The summed E-state index contributed by atoms with van der Waals surface area (Å²) in [6.07, 6.45) is -4.56. The lowest BCUT2D eigenvalue weighted by Crippen LogP contribution is -2.06. The molecule has 0 saturated carbocycles. The number of hydrogen-bond donors (Lipinski definition) is 0. The van der Waals surface area contributed by atoms with Gasteiger partial charge in [0.2, 0.25) is 0 Å². The van der Waals surface area contributed by atoms with E-state index in [1.165, 1.54) is 12.1 Å². The maximum absolute atomic E-state index is 14.8. The van der Waals surface area contributed by atoms with Crippen molar-refractivity contribution in [3.63, 3.8) is 0 Å². The number of para-hydroxylation sites is 5. The summed E-state index contributed by atoms with van der Waals surface area (Å²) in [7, 11) is 0. The van der Waals surface area contributed by atoms with Gasteiger partial charge in [-0.3, -0.25) is 0 Å². The summed E-state index contributed by atoms with van der Waals surface area (Å²) < 4.78 is 51.1. The van der Waals surface area contributed by atoms with Crippen LogP contribution in [0.3, 0.4) is 0 Å². The van der Waals surface area contributed by atoms with Gasteiger partial charge >= 0.3 is 6.18 Å². The van der Waals surface area contributed by atoms with Gasteiger partial charge in [-0.1, -0.05) is 176 Å². The molecule has 0 bridgehead atoms. The Morgan fingerprint density at radius 2 is 0.608 bits per heavy atom. The second-order valence-corrected chi connectivity index (χ2v) is 19.9. The highest BCUT2D eigenvalue weighted by Gasteiger charge is 2.32. The summed E-state index contributed by atoms with van der Waals surface area (Å²) in [6, 6.07) is 86.9. The Morgan fingerprint density at radius 1 is 0.266 bits per heavy atom. The molecule has 0 radical (unpaired) electrons. The molecule has 15 rings (SSSR count). The van der Waals surface area contributed by atoms with Gasteiger partial charge in [-0.2, -0.15) is 13.2 Å². The van der Waals surface area contributed by atoms with E-state index in [0.717, 1.165) is 105 Å². The first kappa shape index (κ1) is 46.0. The van der Waals surface area contributed by atoms with Crippen LogP contribution >= 0.6 is 0 Å². The number of hydrogen-bond acceptors (Lipinski definition) is 3. The highest BCUT2D eigenvalue weighted by atomic mass is 19.4. The van der Waals surface area contributed by atoms with Crippen molar-refractivity contribution in [1.29, 1.82) is 0 Å². The average molecular weight is 1030 g/mol. The number of rotatable bonds is 8. The summed E-state index contributed by atoms with van der Waals surface area (Å²) in [5, 5.41) is 5.73. The number of fused-ring (bicyclic) bond motifs is 9. The minimum Gasteiger partial charge on any atom is -0.309 e. The zero-order valence-electron chi connectivity index (χ0n) is 42.1. The lowest BCUT2D eigenvalue weighted by Gasteiger charge is -2.22.